The van der Waals surface area contributed by atoms with Crippen molar-refractivity contribution < 1.29 is 23.4 Å². The van der Waals surface area contributed by atoms with E-state index in [4.69, 9.17) is 23.6 Å². The smallest absolute Gasteiger partial charge is 0.259 e. The highest BCUT2D eigenvalue weighted by atomic mass is 28.4. The van der Waals surface area contributed by atoms with E-state index in [1.54, 1.807) is 19.1 Å². The first-order chi connectivity index (χ1) is 18.6. The Bertz CT molecular complexity index is 960. The minimum absolute atomic E-state index is 0.0449. The van der Waals surface area contributed by atoms with E-state index in [0.29, 0.717) is 35.6 Å². The van der Waals surface area contributed by atoms with Crippen molar-refractivity contribution in [2.24, 2.45) is 11.8 Å². The zero-order chi connectivity index (χ0) is 28.4. The first-order valence-electron chi connectivity index (χ1n) is 15.1. The molecule has 1 aliphatic heterocycles. The molecule has 0 radical (unpaired) electrons. The Morgan fingerprint density at radius 2 is 1.67 bits per heavy atom. The molecule has 1 aromatic rings. The molecular weight excluding hydrogens is 508 g/mol. The molecule has 3 aliphatic rings. The zero-order valence-electron chi connectivity index (χ0n) is 25.6. The van der Waals surface area contributed by atoms with Crippen LogP contribution in [0.4, 0.5) is 0 Å². The number of rotatable bonds is 16. The van der Waals surface area contributed by atoms with Crippen molar-refractivity contribution in [3.8, 4) is 0 Å². The third kappa shape index (κ3) is 6.01. The van der Waals surface area contributed by atoms with Crippen LogP contribution in [-0.4, -0.2) is 70.1 Å². The van der Waals surface area contributed by atoms with Crippen molar-refractivity contribution in [3.05, 3.63) is 29.1 Å². The molecule has 1 saturated heterocycles. The number of ether oxygens (including phenoxy) is 3. The molecule has 0 N–H and O–H groups in total. The number of β-lactam (4-membered cyclic amide) rings is 1. The van der Waals surface area contributed by atoms with Crippen LogP contribution in [0.3, 0.4) is 0 Å². The van der Waals surface area contributed by atoms with E-state index in [-0.39, 0.29) is 25.5 Å². The first-order valence-corrected chi connectivity index (χ1v) is 17.3. The minimum atomic E-state index is -2.15. The fourth-order valence-corrected chi connectivity index (χ4v) is 13.1. The molecule has 0 aromatic carbocycles. The Labute approximate surface area is 237 Å². The number of pyridine rings is 1. The third-order valence-electron chi connectivity index (χ3n) is 9.79. The maximum Gasteiger partial charge on any atom is 0.259 e. The first kappa shape index (κ1) is 30.6. The van der Waals surface area contributed by atoms with Crippen molar-refractivity contribution in [3.63, 3.8) is 0 Å². The molecule has 0 spiro atoms. The second-order valence-electron chi connectivity index (χ2n) is 13.1. The van der Waals surface area contributed by atoms with Crippen molar-refractivity contribution in [2.45, 2.75) is 115 Å². The standard InChI is InChI=1S/C31H52N2O5Si/c1-21(2)39(22(3)4,23(5)6)38-18-29-31(37-20-36-8,30(34)33(29)19-35-7)17-28-27-16-25(12-11-24-9-10-24)15-26(27)13-14-32-28/h13-14,21-25,29H,9-12,15-20H2,1-8H3/t25-,29+,31-/m1/s1. The normalized spacial score (nSPS) is 25.2. The van der Waals surface area contributed by atoms with Gasteiger partial charge in [0, 0.05) is 32.5 Å². The fourth-order valence-electron chi connectivity index (χ4n) is 7.69. The summed E-state index contributed by atoms with van der Waals surface area (Å²) in [6, 6.07) is 1.90. The average molecular weight is 561 g/mol. The summed E-state index contributed by atoms with van der Waals surface area (Å²) < 4.78 is 24.2. The van der Waals surface area contributed by atoms with Crippen LogP contribution in [0, 0.1) is 11.8 Å². The van der Waals surface area contributed by atoms with Gasteiger partial charge in [-0.15, -0.1) is 0 Å². The number of fused-ring (bicyclic) bond motifs is 1. The van der Waals surface area contributed by atoms with Crippen molar-refractivity contribution in [2.75, 3.05) is 34.4 Å². The number of hydrogen-bond donors (Lipinski definition) is 0. The molecule has 4 rings (SSSR count). The van der Waals surface area contributed by atoms with Gasteiger partial charge in [-0.1, -0.05) is 60.8 Å². The summed E-state index contributed by atoms with van der Waals surface area (Å²) in [7, 11) is 1.08. The molecule has 2 aliphatic carbocycles. The van der Waals surface area contributed by atoms with Crippen LogP contribution in [0.15, 0.2) is 12.3 Å². The second-order valence-corrected chi connectivity index (χ2v) is 18.6. The molecule has 2 fully saturated rings. The van der Waals surface area contributed by atoms with Crippen LogP contribution in [0.2, 0.25) is 16.6 Å². The van der Waals surface area contributed by atoms with E-state index in [0.717, 1.165) is 24.5 Å². The Morgan fingerprint density at radius 1 is 1.00 bits per heavy atom. The number of amides is 1. The highest BCUT2D eigenvalue weighted by molar-refractivity contribution is 6.77. The summed E-state index contributed by atoms with van der Waals surface area (Å²) in [4.78, 5) is 20.5. The number of carbonyl (C=O) groups excluding carboxylic acids is 1. The summed E-state index contributed by atoms with van der Waals surface area (Å²) in [5.74, 6) is 1.56. The van der Waals surface area contributed by atoms with Gasteiger partial charge >= 0.3 is 0 Å². The monoisotopic (exact) mass is 560 g/mol. The number of methoxy groups -OCH3 is 2. The lowest BCUT2D eigenvalue weighted by Crippen LogP contribution is -2.78. The number of carbonyl (C=O) groups is 1. The Balaban J connectivity index is 1.61. The SMILES string of the molecule is COCO[C@@]1(Cc2nccc3c2C[C@H](CCC2CC2)C3)C(=O)N(COC)[C@H]1CO[Si](C(C)C)(C(C)C)C(C)C. The van der Waals surface area contributed by atoms with Gasteiger partial charge in [0.25, 0.3) is 5.91 Å². The Kier molecular flexibility index (Phi) is 9.96. The molecule has 3 atom stereocenters. The van der Waals surface area contributed by atoms with E-state index in [9.17, 15) is 4.79 Å². The summed E-state index contributed by atoms with van der Waals surface area (Å²) in [5.41, 5.74) is 3.98. The molecular formula is C31H52N2O5Si. The number of aromatic nitrogens is 1. The van der Waals surface area contributed by atoms with Gasteiger partial charge in [0.2, 0.25) is 0 Å². The van der Waals surface area contributed by atoms with Crippen LogP contribution < -0.4 is 0 Å². The number of likely N-dealkylation sites (tertiary alicyclic amines) is 1. The van der Waals surface area contributed by atoms with E-state index in [1.165, 1.54) is 36.8 Å². The van der Waals surface area contributed by atoms with Crippen LogP contribution in [-0.2, 0) is 42.7 Å². The lowest BCUT2D eigenvalue weighted by molar-refractivity contribution is -0.237. The van der Waals surface area contributed by atoms with Crippen molar-refractivity contribution in [1.82, 2.24) is 9.88 Å². The zero-order valence-corrected chi connectivity index (χ0v) is 26.6. The molecule has 7 nitrogen and oxygen atoms in total. The fraction of sp³-hybridized carbons (Fsp3) is 0.806. The lowest BCUT2D eigenvalue weighted by Gasteiger charge is -2.56. The van der Waals surface area contributed by atoms with E-state index in [2.05, 4.69) is 47.6 Å². The Morgan fingerprint density at radius 3 is 2.26 bits per heavy atom. The highest BCUT2D eigenvalue weighted by Crippen LogP contribution is 2.45. The van der Waals surface area contributed by atoms with Gasteiger partial charge in [0.15, 0.2) is 13.9 Å². The van der Waals surface area contributed by atoms with Gasteiger partial charge in [-0.25, -0.2) is 0 Å². The molecule has 1 saturated carbocycles. The predicted molar refractivity (Wildman–Crippen MR) is 156 cm³/mol. The summed E-state index contributed by atoms with van der Waals surface area (Å²) >= 11 is 0. The molecule has 1 amide bonds. The molecule has 2 heterocycles. The lowest BCUT2D eigenvalue weighted by atomic mass is 9.78. The van der Waals surface area contributed by atoms with E-state index >= 15 is 0 Å². The van der Waals surface area contributed by atoms with Gasteiger partial charge in [-0.3, -0.25) is 9.78 Å². The van der Waals surface area contributed by atoms with Crippen molar-refractivity contribution in [1.29, 1.82) is 0 Å². The number of hydrogen-bond acceptors (Lipinski definition) is 6. The predicted octanol–water partition coefficient (Wildman–Crippen LogP) is 5.90. The second kappa shape index (κ2) is 12.7. The third-order valence-corrected chi connectivity index (χ3v) is 15.9. The van der Waals surface area contributed by atoms with Crippen molar-refractivity contribution >= 4 is 14.2 Å². The van der Waals surface area contributed by atoms with Gasteiger partial charge < -0.3 is 23.5 Å². The molecule has 39 heavy (non-hydrogen) atoms. The molecule has 8 heteroatoms. The molecule has 0 unspecified atom stereocenters. The Hall–Kier alpha value is -1.32. The van der Waals surface area contributed by atoms with Crippen LogP contribution in [0.25, 0.3) is 0 Å². The average Bonchev–Trinajstić information content (AvgIpc) is 3.63. The van der Waals surface area contributed by atoms with Gasteiger partial charge in [0.1, 0.15) is 13.5 Å². The maximum absolute atomic E-state index is 13.9. The summed E-state index contributed by atoms with van der Waals surface area (Å²) in [6.45, 7) is 14.4. The van der Waals surface area contributed by atoms with Gasteiger partial charge in [-0.2, -0.15) is 0 Å². The van der Waals surface area contributed by atoms with E-state index in [1.807, 2.05) is 6.20 Å². The number of nitrogens with zero attached hydrogens (tertiary/aromatic N) is 2. The van der Waals surface area contributed by atoms with Crippen LogP contribution in [0.1, 0.15) is 84.0 Å². The molecule has 220 valence electrons. The maximum atomic E-state index is 13.9. The largest absolute Gasteiger partial charge is 0.414 e. The van der Waals surface area contributed by atoms with Gasteiger partial charge in [0.05, 0.1) is 12.6 Å². The minimum Gasteiger partial charge on any atom is -0.414 e. The van der Waals surface area contributed by atoms with Crippen LogP contribution >= 0.6 is 0 Å². The summed E-state index contributed by atoms with van der Waals surface area (Å²) in [5, 5.41) is 0. The van der Waals surface area contributed by atoms with Crippen LogP contribution in [0.5, 0.6) is 0 Å². The molecule has 1 aromatic heterocycles. The van der Waals surface area contributed by atoms with Gasteiger partial charge in [-0.05, 0) is 64.9 Å². The quantitative estimate of drug-likeness (QED) is 0.143. The topological polar surface area (TPSA) is 70.1 Å². The highest BCUT2D eigenvalue weighted by Gasteiger charge is 2.63. The van der Waals surface area contributed by atoms with E-state index < -0.39 is 13.9 Å². The summed E-state index contributed by atoms with van der Waals surface area (Å²) in [6.07, 6.45) is 9.96. The molecule has 0 bridgehead atoms.